The molecule has 1 aliphatic heterocycles. The third-order valence-corrected chi connectivity index (χ3v) is 4.68. The summed E-state index contributed by atoms with van der Waals surface area (Å²) in [5, 5.41) is 6.37. The SMILES string of the molecule is CCNC(=NCCCC(=O)NC1CC1)N(C)CCC1CCOCC1. The second-order valence-corrected chi connectivity index (χ2v) is 6.95. The van der Waals surface area contributed by atoms with Crippen molar-refractivity contribution in [1.29, 1.82) is 0 Å². The lowest BCUT2D eigenvalue weighted by molar-refractivity contribution is -0.121. The summed E-state index contributed by atoms with van der Waals surface area (Å²) in [5.74, 6) is 1.90. The van der Waals surface area contributed by atoms with E-state index in [1.165, 1.54) is 19.3 Å². The van der Waals surface area contributed by atoms with Gasteiger partial charge in [-0.05, 0) is 51.4 Å². The van der Waals surface area contributed by atoms with E-state index in [-0.39, 0.29) is 5.91 Å². The normalized spacial score (nSPS) is 19.2. The first-order chi connectivity index (χ1) is 11.7. The molecule has 2 rings (SSSR count). The number of aliphatic imine (C=N–C) groups is 1. The van der Waals surface area contributed by atoms with Gasteiger partial charge < -0.3 is 20.3 Å². The van der Waals surface area contributed by atoms with Crippen molar-refractivity contribution in [2.45, 2.75) is 57.9 Å². The summed E-state index contributed by atoms with van der Waals surface area (Å²) in [4.78, 5) is 18.6. The molecule has 1 heterocycles. The van der Waals surface area contributed by atoms with E-state index in [4.69, 9.17) is 4.74 Å². The fourth-order valence-electron chi connectivity index (χ4n) is 2.94. The molecule has 0 atom stereocenters. The van der Waals surface area contributed by atoms with E-state index in [9.17, 15) is 4.79 Å². The Morgan fingerprint density at radius 3 is 2.67 bits per heavy atom. The molecule has 1 saturated heterocycles. The van der Waals surface area contributed by atoms with Crippen LogP contribution in [-0.4, -0.2) is 62.7 Å². The molecule has 6 heteroatoms. The van der Waals surface area contributed by atoms with Crippen LogP contribution in [0.4, 0.5) is 0 Å². The predicted molar refractivity (Wildman–Crippen MR) is 97.2 cm³/mol. The number of nitrogens with zero attached hydrogens (tertiary/aromatic N) is 2. The average Bonchev–Trinajstić information content (AvgIpc) is 3.40. The highest BCUT2D eigenvalue weighted by Gasteiger charge is 2.22. The van der Waals surface area contributed by atoms with Crippen LogP contribution < -0.4 is 10.6 Å². The molecule has 1 aliphatic carbocycles. The molecular weight excluding hydrogens is 304 g/mol. The second kappa shape index (κ2) is 10.5. The molecule has 6 nitrogen and oxygen atoms in total. The Kier molecular flexibility index (Phi) is 8.36. The zero-order valence-corrected chi connectivity index (χ0v) is 15.4. The summed E-state index contributed by atoms with van der Waals surface area (Å²) in [6.45, 7) is 6.48. The van der Waals surface area contributed by atoms with Gasteiger partial charge in [0.1, 0.15) is 0 Å². The van der Waals surface area contributed by atoms with Crippen LogP contribution in [0.25, 0.3) is 0 Å². The van der Waals surface area contributed by atoms with Gasteiger partial charge in [-0.2, -0.15) is 0 Å². The van der Waals surface area contributed by atoms with Gasteiger partial charge in [-0.15, -0.1) is 0 Å². The van der Waals surface area contributed by atoms with Gasteiger partial charge in [-0.25, -0.2) is 0 Å². The number of nitrogens with one attached hydrogen (secondary N) is 2. The van der Waals surface area contributed by atoms with Gasteiger partial charge in [-0.3, -0.25) is 9.79 Å². The van der Waals surface area contributed by atoms with Crippen LogP contribution in [0.15, 0.2) is 4.99 Å². The number of hydrogen-bond acceptors (Lipinski definition) is 3. The lowest BCUT2D eigenvalue weighted by Crippen LogP contribution is -2.40. The molecular formula is C18H34N4O2. The van der Waals surface area contributed by atoms with Gasteiger partial charge in [0.05, 0.1) is 0 Å². The third-order valence-electron chi connectivity index (χ3n) is 4.68. The standard InChI is InChI=1S/C18H34N4O2/c1-3-19-18(20-11-4-5-17(23)21-16-6-7-16)22(2)12-8-15-9-13-24-14-10-15/h15-16H,3-14H2,1-2H3,(H,19,20)(H,21,23). The summed E-state index contributed by atoms with van der Waals surface area (Å²) in [5.41, 5.74) is 0. The maximum absolute atomic E-state index is 11.7. The van der Waals surface area contributed by atoms with Crippen LogP contribution in [0.5, 0.6) is 0 Å². The first-order valence-electron chi connectivity index (χ1n) is 9.55. The van der Waals surface area contributed by atoms with Gasteiger partial charge in [0.2, 0.25) is 5.91 Å². The highest BCUT2D eigenvalue weighted by molar-refractivity contribution is 5.79. The van der Waals surface area contributed by atoms with E-state index in [2.05, 4.69) is 34.5 Å². The Balaban J connectivity index is 1.66. The number of guanidine groups is 1. The highest BCUT2D eigenvalue weighted by Crippen LogP contribution is 2.19. The van der Waals surface area contributed by atoms with Gasteiger partial charge in [-0.1, -0.05) is 0 Å². The number of carbonyl (C=O) groups is 1. The van der Waals surface area contributed by atoms with E-state index in [0.717, 1.165) is 57.4 Å². The minimum absolute atomic E-state index is 0.172. The van der Waals surface area contributed by atoms with E-state index in [1.807, 2.05) is 0 Å². The summed E-state index contributed by atoms with van der Waals surface area (Å²) in [7, 11) is 2.10. The molecule has 24 heavy (non-hydrogen) atoms. The molecule has 0 aromatic rings. The fourth-order valence-corrected chi connectivity index (χ4v) is 2.94. The van der Waals surface area contributed by atoms with Crippen molar-refractivity contribution < 1.29 is 9.53 Å². The first-order valence-corrected chi connectivity index (χ1v) is 9.55. The van der Waals surface area contributed by atoms with Gasteiger partial charge in [0.15, 0.2) is 5.96 Å². The summed E-state index contributed by atoms with van der Waals surface area (Å²) < 4.78 is 5.42. The van der Waals surface area contributed by atoms with Crippen LogP contribution in [0.2, 0.25) is 0 Å². The number of amides is 1. The maximum atomic E-state index is 11.7. The monoisotopic (exact) mass is 338 g/mol. The van der Waals surface area contributed by atoms with Gasteiger partial charge >= 0.3 is 0 Å². The molecule has 138 valence electrons. The van der Waals surface area contributed by atoms with Crippen LogP contribution in [0.1, 0.15) is 51.9 Å². The molecule has 0 unspecified atom stereocenters. The first kappa shape index (κ1) is 19.0. The minimum atomic E-state index is 0.172. The Labute approximate surface area is 146 Å². The molecule has 0 radical (unpaired) electrons. The Hall–Kier alpha value is -1.30. The summed E-state index contributed by atoms with van der Waals surface area (Å²) >= 11 is 0. The molecule has 0 aromatic heterocycles. The highest BCUT2D eigenvalue weighted by atomic mass is 16.5. The Morgan fingerprint density at radius 1 is 1.25 bits per heavy atom. The third kappa shape index (κ3) is 7.51. The van der Waals surface area contributed by atoms with Crippen molar-refractivity contribution >= 4 is 11.9 Å². The molecule has 2 aliphatic rings. The van der Waals surface area contributed by atoms with E-state index < -0.39 is 0 Å². The van der Waals surface area contributed by atoms with E-state index in [0.29, 0.717) is 19.0 Å². The van der Waals surface area contributed by atoms with Crippen molar-refractivity contribution in [3.8, 4) is 0 Å². The van der Waals surface area contributed by atoms with Crippen molar-refractivity contribution in [3.63, 3.8) is 0 Å². The van der Waals surface area contributed by atoms with Crippen LogP contribution in [-0.2, 0) is 9.53 Å². The van der Waals surface area contributed by atoms with Crippen molar-refractivity contribution in [1.82, 2.24) is 15.5 Å². The van der Waals surface area contributed by atoms with Crippen molar-refractivity contribution in [3.05, 3.63) is 0 Å². The fraction of sp³-hybridized carbons (Fsp3) is 0.889. The molecule has 0 spiro atoms. The molecule has 1 amide bonds. The lowest BCUT2D eigenvalue weighted by atomic mass is 9.96. The van der Waals surface area contributed by atoms with Crippen LogP contribution in [0.3, 0.4) is 0 Å². The summed E-state index contributed by atoms with van der Waals surface area (Å²) in [6.07, 6.45) is 7.22. The van der Waals surface area contributed by atoms with Gasteiger partial charge in [0.25, 0.3) is 0 Å². The zero-order valence-electron chi connectivity index (χ0n) is 15.4. The number of carbonyl (C=O) groups excluding carboxylic acids is 1. The maximum Gasteiger partial charge on any atom is 0.220 e. The van der Waals surface area contributed by atoms with Crippen molar-refractivity contribution in [2.24, 2.45) is 10.9 Å². The van der Waals surface area contributed by atoms with Gasteiger partial charge in [0, 0.05) is 52.4 Å². The molecule has 1 saturated carbocycles. The molecule has 2 fully saturated rings. The zero-order chi connectivity index (χ0) is 17.2. The van der Waals surface area contributed by atoms with Crippen LogP contribution >= 0.6 is 0 Å². The van der Waals surface area contributed by atoms with E-state index in [1.54, 1.807) is 0 Å². The predicted octanol–water partition coefficient (Wildman–Crippen LogP) is 1.76. The van der Waals surface area contributed by atoms with E-state index >= 15 is 0 Å². The second-order valence-electron chi connectivity index (χ2n) is 6.95. The summed E-state index contributed by atoms with van der Waals surface area (Å²) in [6, 6.07) is 0.453. The Bertz CT molecular complexity index is 404. The average molecular weight is 338 g/mol. The Morgan fingerprint density at radius 2 is 2.00 bits per heavy atom. The smallest absolute Gasteiger partial charge is 0.220 e. The molecule has 2 N–H and O–H groups in total. The number of rotatable bonds is 9. The molecule has 0 aromatic carbocycles. The minimum Gasteiger partial charge on any atom is -0.381 e. The topological polar surface area (TPSA) is 66.0 Å². The van der Waals surface area contributed by atoms with Crippen molar-refractivity contribution in [2.75, 3.05) is 39.9 Å². The quantitative estimate of drug-likeness (QED) is 0.382. The molecule has 0 bridgehead atoms. The largest absolute Gasteiger partial charge is 0.381 e. The lowest BCUT2D eigenvalue weighted by Gasteiger charge is -2.26. The van der Waals surface area contributed by atoms with Crippen LogP contribution in [0, 0.1) is 5.92 Å². The number of hydrogen-bond donors (Lipinski definition) is 2. The number of ether oxygens (including phenoxy) is 1.